The van der Waals surface area contributed by atoms with Crippen LogP contribution in [0, 0.1) is 20.8 Å². The molecule has 0 spiro atoms. The van der Waals surface area contributed by atoms with Crippen LogP contribution in [0.5, 0.6) is 5.88 Å². The maximum absolute atomic E-state index is 11.6. The predicted octanol–water partition coefficient (Wildman–Crippen LogP) is 3.59. The SMILES string of the molecule is COC[C@@H]1C[C@H](Oc2noc(C)c2-c2ccn3nc(Nc4cc(C)c(C)nn4)cc3c2)CN1C(=O)O. The normalized spacial score (nSPS) is 17.6. The molecule has 4 aromatic rings. The van der Waals surface area contributed by atoms with Gasteiger partial charge >= 0.3 is 6.09 Å². The number of carboxylic acid groups (broad SMARTS) is 1. The van der Waals surface area contributed by atoms with Gasteiger partial charge in [0.05, 0.1) is 36.0 Å². The number of pyridine rings is 1. The smallest absolute Gasteiger partial charge is 0.407 e. The van der Waals surface area contributed by atoms with Gasteiger partial charge in [-0.2, -0.15) is 10.2 Å². The highest BCUT2D eigenvalue weighted by Crippen LogP contribution is 2.35. The third-order valence-corrected chi connectivity index (χ3v) is 6.33. The second-order valence-corrected chi connectivity index (χ2v) is 8.88. The lowest BCUT2D eigenvalue weighted by Crippen LogP contribution is -2.37. The number of ether oxygens (including phenoxy) is 2. The summed E-state index contributed by atoms with van der Waals surface area (Å²) in [5.41, 5.74) is 4.32. The van der Waals surface area contributed by atoms with Gasteiger partial charge in [-0.05, 0) is 55.3 Å². The van der Waals surface area contributed by atoms with Crippen molar-refractivity contribution in [2.24, 2.45) is 0 Å². The van der Waals surface area contributed by atoms with Gasteiger partial charge in [-0.25, -0.2) is 9.31 Å². The average Bonchev–Trinajstić information content (AvgIpc) is 3.53. The van der Waals surface area contributed by atoms with Gasteiger partial charge in [0, 0.05) is 25.8 Å². The minimum Gasteiger partial charge on any atom is -0.470 e. The Labute approximate surface area is 206 Å². The minimum absolute atomic E-state index is 0.229. The molecule has 0 aromatic carbocycles. The number of rotatable bonds is 7. The van der Waals surface area contributed by atoms with Crippen molar-refractivity contribution in [1.29, 1.82) is 0 Å². The molecule has 12 heteroatoms. The molecule has 1 aliphatic rings. The van der Waals surface area contributed by atoms with E-state index in [2.05, 4.69) is 25.8 Å². The molecule has 5 heterocycles. The topological polar surface area (TPSA) is 140 Å². The molecule has 0 saturated carbocycles. The van der Waals surface area contributed by atoms with Crippen molar-refractivity contribution in [2.45, 2.75) is 39.3 Å². The zero-order chi connectivity index (χ0) is 25.4. The molecule has 0 radical (unpaired) electrons. The molecule has 36 heavy (non-hydrogen) atoms. The zero-order valence-electron chi connectivity index (χ0n) is 20.4. The van der Waals surface area contributed by atoms with Crippen molar-refractivity contribution in [3.8, 4) is 17.0 Å². The second kappa shape index (κ2) is 9.46. The lowest BCUT2D eigenvalue weighted by molar-refractivity contribution is 0.0986. The molecular formula is C24H27N7O5. The fourth-order valence-corrected chi connectivity index (χ4v) is 4.41. The number of amides is 1. The third kappa shape index (κ3) is 4.54. The number of methoxy groups -OCH3 is 1. The van der Waals surface area contributed by atoms with Crippen molar-refractivity contribution >= 4 is 23.2 Å². The number of fused-ring (bicyclic) bond motifs is 1. The summed E-state index contributed by atoms with van der Waals surface area (Å²) in [7, 11) is 1.55. The van der Waals surface area contributed by atoms with Crippen LogP contribution >= 0.6 is 0 Å². The summed E-state index contributed by atoms with van der Waals surface area (Å²) in [6.45, 7) is 6.24. The van der Waals surface area contributed by atoms with Gasteiger partial charge in [-0.1, -0.05) is 0 Å². The zero-order valence-corrected chi connectivity index (χ0v) is 20.4. The molecule has 1 fully saturated rings. The fourth-order valence-electron chi connectivity index (χ4n) is 4.41. The fraction of sp³-hybridized carbons (Fsp3) is 0.375. The number of carbonyl (C=O) groups is 1. The van der Waals surface area contributed by atoms with Crippen LogP contribution in [0.1, 0.15) is 23.4 Å². The Morgan fingerprint density at radius 1 is 1.22 bits per heavy atom. The molecule has 12 nitrogen and oxygen atoms in total. The Kier molecular flexibility index (Phi) is 6.18. The second-order valence-electron chi connectivity index (χ2n) is 8.88. The number of nitrogens with one attached hydrogen (secondary N) is 1. The van der Waals surface area contributed by atoms with E-state index in [1.54, 1.807) is 11.6 Å². The number of aromatic nitrogens is 5. The Bertz CT molecular complexity index is 1420. The lowest BCUT2D eigenvalue weighted by Gasteiger charge is -2.19. The van der Waals surface area contributed by atoms with E-state index >= 15 is 0 Å². The number of aryl methyl sites for hydroxylation is 3. The largest absolute Gasteiger partial charge is 0.470 e. The van der Waals surface area contributed by atoms with E-state index in [4.69, 9.17) is 14.0 Å². The molecular weight excluding hydrogens is 466 g/mol. The van der Waals surface area contributed by atoms with E-state index in [-0.39, 0.29) is 18.7 Å². The summed E-state index contributed by atoms with van der Waals surface area (Å²) in [5.74, 6) is 2.17. The first-order valence-corrected chi connectivity index (χ1v) is 11.5. The van der Waals surface area contributed by atoms with Crippen LogP contribution in [-0.4, -0.2) is 73.5 Å². The third-order valence-electron chi connectivity index (χ3n) is 6.33. The van der Waals surface area contributed by atoms with E-state index < -0.39 is 6.09 Å². The van der Waals surface area contributed by atoms with Crippen LogP contribution in [-0.2, 0) is 4.74 Å². The van der Waals surface area contributed by atoms with Crippen molar-refractivity contribution in [1.82, 2.24) is 29.9 Å². The summed E-state index contributed by atoms with van der Waals surface area (Å²) in [5, 5.41) is 29.7. The Morgan fingerprint density at radius 3 is 2.81 bits per heavy atom. The first kappa shape index (κ1) is 23.5. The van der Waals surface area contributed by atoms with Gasteiger partial charge in [0.25, 0.3) is 5.88 Å². The van der Waals surface area contributed by atoms with Crippen LogP contribution in [0.15, 0.2) is 35.0 Å². The number of hydrogen-bond donors (Lipinski definition) is 2. The molecule has 1 aliphatic heterocycles. The highest BCUT2D eigenvalue weighted by atomic mass is 16.5. The molecule has 1 saturated heterocycles. The average molecular weight is 494 g/mol. The van der Waals surface area contributed by atoms with Crippen molar-refractivity contribution in [3.05, 3.63) is 47.5 Å². The first-order chi connectivity index (χ1) is 17.3. The molecule has 2 atom stereocenters. The molecule has 0 aliphatic carbocycles. The van der Waals surface area contributed by atoms with Gasteiger partial charge in [0.1, 0.15) is 11.9 Å². The van der Waals surface area contributed by atoms with E-state index in [9.17, 15) is 9.90 Å². The Morgan fingerprint density at radius 2 is 2.06 bits per heavy atom. The number of anilines is 2. The van der Waals surface area contributed by atoms with Gasteiger partial charge in [0.2, 0.25) is 0 Å². The summed E-state index contributed by atoms with van der Waals surface area (Å²) < 4.78 is 18.5. The van der Waals surface area contributed by atoms with Gasteiger partial charge < -0.3 is 24.4 Å². The number of likely N-dealkylation sites (tertiary alicyclic amines) is 1. The maximum Gasteiger partial charge on any atom is 0.407 e. The number of nitrogens with zero attached hydrogens (tertiary/aromatic N) is 6. The van der Waals surface area contributed by atoms with Crippen LogP contribution < -0.4 is 10.1 Å². The summed E-state index contributed by atoms with van der Waals surface area (Å²) in [4.78, 5) is 13.0. The summed E-state index contributed by atoms with van der Waals surface area (Å²) >= 11 is 0. The highest BCUT2D eigenvalue weighted by molar-refractivity contribution is 5.75. The van der Waals surface area contributed by atoms with Crippen molar-refractivity contribution < 1.29 is 23.9 Å². The van der Waals surface area contributed by atoms with Gasteiger partial charge in [-0.15, -0.1) is 5.10 Å². The molecule has 0 unspecified atom stereocenters. The standard InChI is InChI=1S/C24H27N7O5/c1-13-7-20(27-26-14(13)2)25-21-10-17-8-16(5-6-31(17)28-21)22-15(3)36-29-23(22)35-19-9-18(12-34-4)30(11-19)24(32)33/h5-8,10,18-19H,9,11-12H2,1-4H3,(H,32,33)(H,25,27,28)/t18-,19-/m0/s1. The van der Waals surface area contributed by atoms with E-state index in [1.165, 1.54) is 4.90 Å². The minimum atomic E-state index is -0.998. The van der Waals surface area contributed by atoms with E-state index in [0.29, 0.717) is 41.9 Å². The van der Waals surface area contributed by atoms with Crippen LogP contribution in [0.25, 0.3) is 16.6 Å². The Hall–Kier alpha value is -4.19. The predicted molar refractivity (Wildman–Crippen MR) is 130 cm³/mol. The van der Waals surface area contributed by atoms with E-state index in [1.807, 2.05) is 51.2 Å². The highest BCUT2D eigenvalue weighted by Gasteiger charge is 2.37. The van der Waals surface area contributed by atoms with Crippen LogP contribution in [0.4, 0.5) is 16.4 Å². The Balaban J connectivity index is 1.38. The van der Waals surface area contributed by atoms with Crippen LogP contribution in [0.3, 0.4) is 0 Å². The van der Waals surface area contributed by atoms with Gasteiger partial charge in [-0.3, -0.25) is 4.90 Å². The van der Waals surface area contributed by atoms with E-state index in [0.717, 1.165) is 22.3 Å². The number of hydrogen-bond acceptors (Lipinski definition) is 9. The van der Waals surface area contributed by atoms with Gasteiger partial charge in [0.15, 0.2) is 11.6 Å². The first-order valence-electron chi connectivity index (χ1n) is 11.5. The lowest BCUT2D eigenvalue weighted by atomic mass is 10.1. The molecule has 188 valence electrons. The monoisotopic (exact) mass is 493 g/mol. The van der Waals surface area contributed by atoms with Crippen molar-refractivity contribution in [3.63, 3.8) is 0 Å². The molecule has 2 N–H and O–H groups in total. The quantitative estimate of drug-likeness (QED) is 0.392. The molecule has 5 rings (SSSR count). The maximum atomic E-state index is 11.6. The summed E-state index contributed by atoms with van der Waals surface area (Å²) in [6, 6.07) is 7.42. The molecule has 4 aromatic heterocycles. The van der Waals surface area contributed by atoms with Crippen LogP contribution in [0.2, 0.25) is 0 Å². The molecule has 0 bridgehead atoms. The summed E-state index contributed by atoms with van der Waals surface area (Å²) in [6.07, 6.45) is 0.984. The molecule has 1 amide bonds. The van der Waals surface area contributed by atoms with Crippen molar-refractivity contribution in [2.75, 3.05) is 25.6 Å².